The normalized spacial score (nSPS) is 28.6. The van der Waals surface area contributed by atoms with Crippen LogP contribution in [0.15, 0.2) is 0 Å². The fraction of sp³-hybridized carbons (Fsp3) is 0.909. The van der Waals surface area contributed by atoms with Crippen molar-refractivity contribution < 1.29 is 9.53 Å². The largest absolute Gasteiger partial charge is 0.444 e. The van der Waals surface area contributed by atoms with Gasteiger partial charge in [0.1, 0.15) is 5.60 Å². The van der Waals surface area contributed by atoms with Gasteiger partial charge in [-0.15, -0.1) is 12.4 Å². The number of carbonyl (C=O) groups excluding carboxylic acids is 1. The van der Waals surface area contributed by atoms with E-state index in [2.05, 4.69) is 5.32 Å². The Morgan fingerprint density at radius 1 is 1.38 bits per heavy atom. The summed E-state index contributed by atoms with van der Waals surface area (Å²) in [6.45, 7) is 7.45. The molecule has 5 heteroatoms. The molecule has 3 aliphatic rings. The Hall–Kier alpha value is -0.480. The summed E-state index contributed by atoms with van der Waals surface area (Å²) in [6, 6.07) is 0.812. The number of amides is 1. The third kappa shape index (κ3) is 3.01. The molecule has 16 heavy (non-hydrogen) atoms. The van der Waals surface area contributed by atoms with Gasteiger partial charge in [0.05, 0.1) is 0 Å². The van der Waals surface area contributed by atoms with Crippen molar-refractivity contribution in [3.05, 3.63) is 0 Å². The number of carbonyl (C=O) groups is 1. The summed E-state index contributed by atoms with van der Waals surface area (Å²) in [5.74, 6) is 0. The van der Waals surface area contributed by atoms with Crippen LogP contribution in [0.4, 0.5) is 4.79 Å². The highest BCUT2D eigenvalue weighted by Gasteiger charge is 2.37. The zero-order valence-electron chi connectivity index (χ0n) is 10.2. The van der Waals surface area contributed by atoms with Gasteiger partial charge < -0.3 is 15.0 Å². The van der Waals surface area contributed by atoms with E-state index in [0.29, 0.717) is 12.1 Å². The van der Waals surface area contributed by atoms with Crippen molar-refractivity contribution in [3.63, 3.8) is 0 Å². The molecule has 1 amide bonds. The Morgan fingerprint density at radius 2 is 2.06 bits per heavy atom. The van der Waals surface area contributed by atoms with Gasteiger partial charge in [-0.25, -0.2) is 4.79 Å². The van der Waals surface area contributed by atoms with Gasteiger partial charge in [0, 0.05) is 25.2 Å². The maximum absolute atomic E-state index is 11.9. The molecule has 2 bridgehead atoms. The number of nitrogens with one attached hydrogen (secondary N) is 1. The van der Waals surface area contributed by atoms with E-state index < -0.39 is 0 Å². The third-order valence-electron chi connectivity index (χ3n) is 2.98. The van der Waals surface area contributed by atoms with Crippen LogP contribution < -0.4 is 5.32 Å². The van der Waals surface area contributed by atoms with E-state index in [-0.39, 0.29) is 24.1 Å². The summed E-state index contributed by atoms with van der Waals surface area (Å²) in [6.07, 6.45) is 2.14. The number of halogens is 1. The molecule has 3 fully saturated rings. The first-order valence-electron chi connectivity index (χ1n) is 5.69. The molecule has 0 spiro atoms. The van der Waals surface area contributed by atoms with Gasteiger partial charge in [-0.3, -0.25) is 0 Å². The minimum atomic E-state index is -0.388. The number of ether oxygens (including phenoxy) is 1. The van der Waals surface area contributed by atoms with E-state index >= 15 is 0 Å². The summed E-state index contributed by atoms with van der Waals surface area (Å²) in [7, 11) is 0. The molecule has 0 aromatic carbocycles. The van der Waals surface area contributed by atoms with Gasteiger partial charge in [0.2, 0.25) is 0 Å². The lowest BCUT2D eigenvalue weighted by molar-refractivity contribution is -0.00406. The highest BCUT2D eigenvalue weighted by molar-refractivity contribution is 5.85. The maximum Gasteiger partial charge on any atom is 0.410 e. The van der Waals surface area contributed by atoms with Crippen molar-refractivity contribution in [2.45, 2.75) is 51.3 Å². The van der Waals surface area contributed by atoms with E-state index in [4.69, 9.17) is 4.74 Å². The van der Waals surface area contributed by atoms with Crippen LogP contribution in [0.2, 0.25) is 0 Å². The van der Waals surface area contributed by atoms with Crippen molar-refractivity contribution in [2.75, 3.05) is 13.1 Å². The molecule has 3 rings (SSSR count). The molecular formula is C11H21ClN2O2. The van der Waals surface area contributed by atoms with E-state index in [0.717, 1.165) is 19.5 Å². The fourth-order valence-electron chi connectivity index (χ4n) is 2.25. The SMILES string of the molecule is CC(C)(C)OC(=O)N1C[C@H]2CC[C@@H]1CN2.Cl. The molecule has 94 valence electrons. The lowest BCUT2D eigenvalue weighted by Gasteiger charge is -2.45. The molecule has 0 radical (unpaired) electrons. The molecule has 0 aromatic heterocycles. The molecule has 1 N–H and O–H groups in total. The standard InChI is InChI=1S/C11H20N2O2.ClH/c1-11(2,3)15-10(14)13-7-8-4-5-9(13)6-12-8;/h8-9,12H,4-7H2,1-3H3;1H/t8-,9-;/m1./s1. The number of fused-ring (bicyclic) bond motifs is 3. The molecule has 0 unspecified atom stereocenters. The van der Waals surface area contributed by atoms with Crippen LogP contribution in [0.25, 0.3) is 0 Å². The Kier molecular flexibility index (Phi) is 4.07. The second-order valence-electron chi connectivity index (χ2n) is 5.47. The zero-order chi connectivity index (χ0) is 11.1. The van der Waals surface area contributed by atoms with Gasteiger partial charge in [-0.2, -0.15) is 0 Å². The van der Waals surface area contributed by atoms with Gasteiger partial charge in [-0.05, 0) is 33.6 Å². The Balaban J connectivity index is 0.00000128. The number of nitrogens with zero attached hydrogens (tertiary/aromatic N) is 1. The van der Waals surface area contributed by atoms with E-state index in [1.807, 2.05) is 25.7 Å². The number of piperazine rings is 1. The first-order valence-corrected chi connectivity index (χ1v) is 5.69. The predicted octanol–water partition coefficient (Wildman–Crippen LogP) is 1.78. The minimum Gasteiger partial charge on any atom is -0.444 e. The predicted molar refractivity (Wildman–Crippen MR) is 65.0 cm³/mol. The van der Waals surface area contributed by atoms with Crippen molar-refractivity contribution in [1.82, 2.24) is 10.2 Å². The second kappa shape index (κ2) is 4.80. The molecule has 2 atom stereocenters. The van der Waals surface area contributed by atoms with Crippen LogP contribution >= 0.6 is 12.4 Å². The minimum absolute atomic E-state index is 0. The quantitative estimate of drug-likeness (QED) is 0.711. The number of rotatable bonds is 0. The summed E-state index contributed by atoms with van der Waals surface area (Å²) < 4.78 is 5.39. The average Bonchev–Trinajstić information content (AvgIpc) is 2.17. The molecule has 3 saturated heterocycles. The number of piperidine rings is 2. The van der Waals surface area contributed by atoms with E-state index in [1.165, 1.54) is 6.42 Å². The van der Waals surface area contributed by atoms with E-state index in [9.17, 15) is 4.79 Å². The third-order valence-corrected chi connectivity index (χ3v) is 2.98. The lowest BCUT2D eigenvalue weighted by Crippen LogP contribution is -2.62. The molecule has 3 aliphatic heterocycles. The molecular weight excluding hydrogens is 228 g/mol. The topological polar surface area (TPSA) is 41.6 Å². The van der Waals surface area contributed by atoms with E-state index in [1.54, 1.807) is 0 Å². The van der Waals surface area contributed by atoms with Crippen LogP contribution in [0.3, 0.4) is 0 Å². The summed E-state index contributed by atoms with van der Waals surface area (Å²) in [5.41, 5.74) is -0.388. The van der Waals surface area contributed by atoms with Crippen molar-refractivity contribution in [3.8, 4) is 0 Å². The Labute approximate surface area is 103 Å². The van der Waals surface area contributed by atoms with Crippen LogP contribution in [-0.2, 0) is 4.74 Å². The van der Waals surface area contributed by atoms with Crippen LogP contribution in [0.1, 0.15) is 33.6 Å². The van der Waals surface area contributed by atoms with Gasteiger partial charge in [-0.1, -0.05) is 0 Å². The number of hydrogen-bond acceptors (Lipinski definition) is 3. The molecule has 3 heterocycles. The molecule has 4 nitrogen and oxygen atoms in total. The average molecular weight is 249 g/mol. The van der Waals surface area contributed by atoms with Crippen molar-refractivity contribution in [1.29, 1.82) is 0 Å². The highest BCUT2D eigenvalue weighted by atomic mass is 35.5. The van der Waals surface area contributed by atoms with Gasteiger partial charge >= 0.3 is 6.09 Å². The smallest absolute Gasteiger partial charge is 0.410 e. The second-order valence-corrected chi connectivity index (χ2v) is 5.47. The Bertz CT molecular complexity index is 257. The van der Waals surface area contributed by atoms with Crippen molar-refractivity contribution in [2.24, 2.45) is 0 Å². The van der Waals surface area contributed by atoms with Crippen LogP contribution in [-0.4, -0.2) is 41.8 Å². The molecule has 0 aliphatic carbocycles. The fourth-order valence-corrected chi connectivity index (χ4v) is 2.25. The van der Waals surface area contributed by atoms with Gasteiger partial charge in [0.25, 0.3) is 0 Å². The Morgan fingerprint density at radius 3 is 2.44 bits per heavy atom. The summed E-state index contributed by atoms with van der Waals surface area (Å²) in [4.78, 5) is 13.8. The van der Waals surface area contributed by atoms with Crippen molar-refractivity contribution >= 4 is 18.5 Å². The maximum atomic E-state index is 11.9. The lowest BCUT2D eigenvalue weighted by atomic mass is 9.93. The monoisotopic (exact) mass is 248 g/mol. The molecule has 0 aromatic rings. The van der Waals surface area contributed by atoms with Crippen LogP contribution in [0, 0.1) is 0 Å². The van der Waals surface area contributed by atoms with Gasteiger partial charge in [0.15, 0.2) is 0 Å². The highest BCUT2D eigenvalue weighted by Crippen LogP contribution is 2.24. The first kappa shape index (κ1) is 13.6. The zero-order valence-corrected chi connectivity index (χ0v) is 11.0. The van der Waals surface area contributed by atoms with Crippen LogP contribution in [0.5, 0.6) is 0 Å². The summed E-state index contributed by atoms with van der Waals surface area (Å²) >= 11 is 0. The summed E-state index contributed by atoms with van der Waals surface area (Å²) in [5, 5.41) is 3.42. The number of hydrogen-bond donors (Lipinski definition) is 1. The first-order chi connectivity index (χ1) is 6.96. The molecule has 0 saturated carbocycles.